The largest absolute Gasteiger partial charge is 0.497 e. The first-order valence-electron chi connectivity index (χ1n) is 13.3. The number of hydrogen-bond acceptors (Lipinski definition) is 4. The molecule has 2 heterocycles. The molecule has 5 nitrogen and oxygen atoms in total. The van der Waals surface area contributed by atoms with E-state index >= 15 is 0 Å². The molecule has 186 valence electrons. The molecular formula is C30H39N3O2. The number of rotatable bonds is 8. The summed E-state index contributed by atoms with van der Waals surface area (Å²) in [5.74, 6) is 0.937. The van der Waals surface area contributed by atoms with Gasteiger partial charge in [0.2, 0.25) is 0 Å². The van der Waals surface area contributed by atoms with Gasteiger partial charge in [-0.3, -0.25) is 14.6 Å². The van der Waals surface area contributed by atoms with Crippen LogP contribution in [0.1, 0.15) is 72.5 Å². The second-order valence-electron chi connectivity index (χ2n) is 10.4. The van der Waals surface area contributed by atoms with Crippen LogP contribution >= 0.6 is 0 Å². The van der Waals surface area contributed by atoms with Gasteiger partial charge in [-0.1, -0.05) is 43.2 Å². The minimum atomic E-state index is 0.0521. The quantitative estimate of drug-likeness (QED) is 0.537. The van der Waals surface area contributed by atoms with E-state index in [4.69, 9.17) is 4.74 Å². The molecule has 1 saturated carbocycles. The van der Waals surface area contributed by atoms with E-state index in [-0.39, 0.29) is 11.9 Å². The summed E-state index contributed by atoms with van der Waals surface area (Å²) in [6.45, 7) is 7.11. The summed E-state index contributed by atoms with van der Waals surface area (Å²) in [7, 11) is 1.73. The molecule has 0 spiro atoms. The molecule has 2 aliphatic heterocycles. The van der Waals surface area contributed by atoms with Crippen LogP contribution in [0, 0.1) is 0 Å². The summed E-state index contributed by atoms with van der Waals surface area (Å²) in [4.78, 5) is 18.1. The van der Waals surface area contributed by atoms with E-state index in [0.29, 0.717) is 18.1 Å². The van der Waals surface area contributed by atoms with Crippen molar-refractivity contribution >= 4 is 5.91 Å². The number of hydrogen-bond donors (Lipinski definition) is 1. The standard InChI is InChI=1S/C30H39N3O2/c1-3-18-32-19-17-26-15-16-27(21-32)33(26)29(24-7-6-10-28(20-24)35-2)22-11-13-23(14-12-22)30(34)31-25-8-4-5-9-25/h3,6-7,10-14,20,25-27,29H,1,4-5,8-9,15-19,21H2,2H3,(H,31,34). The van der Waals surface area contributed by atoms with Crippen LogP contribution in [-0.2, 0) is 0 Å². The van der Waals surface area contributed by atoms with Gasteiger partial charge in [-0.25, -0.2) is 0 Å². The van der Waals surface area contributed by atoms with Crippen molar-refractivity contribution < 1.29 is 9.53 Å². The number of carbonyl (C=O) groups is 1. The molecule has 1 aliphatic carbocycles. The van der Waals surface area contributed by atoms with Gasteiger partial charge in [0, 0.05) is 43.3 Å². The van der Waals surface area contributed by atoms with E-state index in [1.54, 1.807) is 7.11 Å². The molecule has 3 aliphatic rings. The van der Waals surface area contributed by atoms with Crippen molar-refractivity contribution in [2.45, 2.75) is 69.1 Å². The van der Waals surface area contributed by atoms with E-state index in [1.165, 1.54) is 43.2 Å². The molecule has 2 bridgehead atoms. The fourth-order valence-electron chi connectivity index (χ4n) is 6.45. The molecule has 5 rings (SSSR count). The van der Waals surface area contributed by atoms with Crippen LogP contribution in [0.15, 0.2) is 61.2 Å². The Balaban J connectivity index is 1.45. The topological polar surface area (TPSA) is 44.8 Å². The molecule has 2 aromatic carbocycles. The minimum absolute atomic E-state index is 0.0521. The maximum Gasteiger partial charge on any atom is 0.251 e. The highest BCUT2D eigenvalue weighted by Gasteiger charge is 2.42. The van der Waals surface area contributed by atoms with Crippen LogP contribution in [0.4, 0.5) is 0 Å². The number of likely N-dealkylation sites (tertiary alicyclic amines) is 1. The van der Waals surface area contributed by atoms with E-state index in [1.807, 2.05) is 24.3 Å². The highest BCUT2D eigenvalue weighted by Crippen LogP contribution is 2.41. The average molecular weight is 474 g/mol. The van der Waals surface area contributed by atoms with Gasteiger partial charge in [-0.05, 0) is 67.5 Å². The zero-order valence-electron chi connectivity index (χ0n) is 21.0. The van der Waals surface area contributed by atoms with Crippen LogP contribution in [-0.4, -0.2) is 60.6 Å². The molecule has 1 N–H and O–H groups in total. The third-order valence-corrected chi connectivity index (χ3v) is 8.20. The second kappa shape index (κ2) is 11.0. The molecule has 5 heteroatoms. The van der Waals surface area contributed by atoms with Gasteiger partial charge in [0.25, 0.3) is 5.91 Å². The van der Waals surface area contributed by atoms with Gasteiger partial charge in [-0.2, -0.15) is 0 Å². The zero-order chi connectivity index (χ0) is 24.2. The van der Waals surface area contributed by atoms with Gasteiger partial charge in [0.15, 0.2) is 0 Å². The molecule has 3 atom stereocenters. The molecular weight excluding hydrogens is 434 g/mol. The predicted molar refractivity (Wildman–Crippen MR) is 141 cm³/mol. The molecule has 35 heavy (non-hydrogen) atoms. The van der Waals surface area contributed by atoms with Crippen LogP contribution in [0.25, 0.3) is 0 Å². The van der Waals surface area contributed by atoms with Gasteiger partial charge in [0.1, 0.15) is 5.75 Å². The molecule has 2 aromatic rings. The SMILES string of the molecule is C=CCN1CCC2CCC(C1)N2C(c1ccc(C(=O)NC2CCCC2)cc1)c1cccc(OC)c1. The Hall–Kier alpha value is -2.63. The summed E-state index contributed by atoms with van der Waals surface area (Å²) in [6.07, 6.45) is 10.3. The Morgan fingerprint density at radius 2 is 1.83 bits per heavy atom. The van der Waals surface area contributed by atoms with Gasteiger partial charge >= 0.3 is 0 Å². The maximum absolute atomic E-state index is 12.8. The molecule has 1 amide bonds. The summed E-state index contributed by atoms with van der Waals surface area (Å²) < 4.78 is 5.59. The first-order valence-corrected chi connectivity index (χ1v) is 13.3. The van der Waals surface area contributed by atoms with Crippen LogP contribution in [0.2, 0.25) is 0 Å². The number of benzene rings is 2. The number of fused-ring (bicyclic) bond motifs is 2. The van der Waals surface area contributed by atoms with Crippen molar-refractivity contribution in [3.8, 4) is 5.75 Å². The van der Waals surface area contributed by atoms with Crippen LogP contribution < -0.4 is 10.1 Å². The van der Waals surface area contributed by atoms with Gasteiger partial charge in [0.05, 0.1) is 13.2 Å². The Bertz CT molecular complexity index is 1010. The van der Waals surface area contributed by atoms with Crippen molar-refractivity contribution in [3.05, 3.63) is 77.9 Å². The number of nitrogens with one attached hydrogen (secondary N) is 1. The molecule has 0 radical (unpaired) electrons. The first-order chi connectivity index (χ1) is 17.2. The zero-order valence-corrected chi connectivity index (χ0v) is 21.0. The number of carbonyl (C=O) groups excluding carboxylic acids is 1. The Morgan fingerprint density at radius 1 is 1.06 bits per heavy atom. The number of nitrogens with zero attached hydrogens (tertiary/aromatic N) is 2. The number of methoxy groups -OCH3 is 1. The van der Waals surface area contributed by atoms with Gasteiger partial charge < -0.3 is 10.1 Å². The van der Waals surface area contributed by atoms with E-state index in [2.05, 4.69) is 52.0 Å². The summed E-state index contributed by atoms with van der Waals surface area (Å²) in [5, 5.41) is 3.22. The third-order valence-electron chi connectivity index (χ3n) is 8.20. The first kappa shape index (κ1) is 24.1. The maximum atomic E-state index is 12.8. The highest BCUT2D eigenvalue weighted by molar-refractivity contribution is 5.94. The van der Waals surface area contributed by atoms with Gasteiger partial charge in [-0.15, -0.1) is 6.58 Å². The lowest BCUT2D eigenvalue weighted by Crippen LogP contribution is -2.42. The summed E-state index contributed by atoms with van der Waals surface area (Å²) in [5.41, 5.74) is 3.24. The minimum Gasteiger partial charge on any atom is -0.497 e. The third kappa shape index (κ3) is 5.31. The van der Waals surface area contributed by atoms with E-state index in [0.717, 1.165) is 43.8 Å². The smallest absolute Gasteiger partial charge is 0.251 e. The van der Waals surface area contributed by atoms with E-state index in [9.17, 15) is 4.79 Å². The van der Waals surface area contributed by atoms with E-state index < -0.39 is 0 Å². The monoisotopic (exact) mass is 473 g/mol. The van der Waals surface area contributed by atoms with Crippen molar-refractivity contribution in [2.75, 3.05) is 26.7 Å². The highest BCUT2D eigenvalue weighted by atomic mass is 16.5. The number of ether oxygens (including phenoxy) is 1. The Kier molecular flexibility index (Phi) is 7.54. The summed E-state index contributed by atoms with van der Waals surface area (Å²) >= 11 is 0. The Morgan fingerprint density at radius 3 is 2.57 bits per heavy atom. The fraction of sp³-hybridized carbons (Fsp3) is 0.500. The van der Waals surface area contributed by atoms with Crippen LogP contribution in [0.5, 0.6) is 5.75 Å². The predicted octanol–water partition coefficient (Wildman–Crippen LogP) is 5.18. The molecule has 3 unspecified atom stereocenters. The molecule has 0 aromatic heterocycles. The average Bonchev–Trinajstić information content (AvgIpc) is 3.49. The molecule has 3 fully saturated rings. The number of amides is 1. The second-order valence-corrected chi connectivity index (χ2v) is 10.4. The summed E-state index contributed by atoms with van der Waals surface area (Å²) in [6, 6.07) is 18.4. The molecule has 2 saturated heterocycles. The lowest BCUT2D eigenvalue weighted by atomic mass is 9.94. The fourth-order valence-corrected chi connectivity index (χ4v) is 6.45. The Labute approximate surface area is 210 Å². The van der Waals surface area contributed by atoms with Crippen molar-refractivity contribution in [3.63, 3.8) is 0 Å². The van der Waals surface area contributed by atoms with Crippen molar-refractivity contribution in [2.24, 2.45) is 0 Å². The lowest BCUT2D eigenvalue weighted by Gasteiger charge is -2.37. The lowest BCUT2D eigenvalue weighted by molar-refractivity contribution is 0.0937. The van der Waals surface area contributed by atoms with Crippen molar-refractivity contribution in [1.29, 1.82) is 0 Å². The normalized spacial score (nSPS) is 24.1. The van der Waals surface area contributed by atoms with Crippen LogP contribution in [0.3, 0.4) is 0 Å². The van der Waals surface area contributed by atoms with Crippen molar-refractivity contribution in [1.82, 2.24) is 15.1 Å².